The predicted octanol–water partition coefficient (Wildman–Crippen LogP) is 1.37. The molecule has 2 atom stereocenters. The van der Waals surface area contributed by atoms with Crippen molar-refractivity contribution in [2.24, 2.45) is 5.92 Å². The van der Waals surface area contributed by atoms with E-state index in [4.69, 9.17) is 5.11 Å². The molecule has 22 heavy (non-hydrogen) atoms. The third-order valence-electron chi connectivity index (χ3n) is 3.89. The smallest absolute Gasteiger partial charge is 0.306 e. The Morgan fingerprint density at radius 1 is 1.18 bits per heavy atom. The lowest BCUT2D eigenvalue weighted by Crippen LogP contribution is -2.33. The lowest BCUT2D eigenvalue weighted by atomic mass is 10.1. The molecule has 2 amide bonds. The zero-order valence-electron chi connectivity index (χ0n) is 12.7. The maximum absolute atomic E-state index is 12.2. The lowest BCUT2D eigenvalue weighted by Gasteiger charge is -2.14. The summed E-state index contributed by atoms with van der Waals surface area (Å²) in [5, 5.41) is 11.8. The van der Waals surface area contributed by atoms with Crippen LogP contribution >= 0.6 is 0 Å². The minimum Gasteiger partial charge on any atom is -0.481 e. The van der Waals surface area contributed by atoms with Crippen molar-refractivity contribution in [3.8, 4) is 0 Å². The Morgan fingerprint density at radius 2 is 1.86 bits per heavy atom. The molecule has 1 aromatic carbocycles. The quantitative estimate of drug-likeness (QED) is 0.879. The van der Waals surface area contributed by atoms with Crippen molar-refractivity contribution in [1.82, 2.24) is 10.2 Å². The number of benzene rings is 1. The molecule has 6 nitrogen and oxygen atoms in total. The van der Waals surface area contributed by atoms with Gasteiger partial charge in [-0.3, -0.25) is 14.4 Å². The maximum atomic E-state index is 12.2. The van der Waals surface area contributed by atoms with Gasteiger partial charge in [-0.15, -0.1) is 0 Å². The largest absolute Gasteiger partial charge is 0.481 e. The molecule has 1 aliphatic carbocycles. The van der Waals surface area contributed by atoms with Crippen molar-refractivity contribution in [2.75, 3.05) is 14.1 Å². The monoisotopic (exact) mass is 304 g/mol. The van der Waals surface area contributed by atoms with Crippen LogP contribution in [0, 0.1) is 5.92 Å². The Morgan fingerprint density at radius 3 is 2.45 bits per heavy atom. The molecule has 118 valence electrons. The zero-order chi connectivity index (χ0) is 16.3. The summed E-state index contributed by atoms with van der Waals surface area (Å²) in [6.45, 7) is 0. The van der Waals surface area contributed by atoms with Crippen LogP contribution in [0.15, 0.2) is 24.3 Å². The highest BCUT2D eigenvalue weighted by Gasteiger charge is 2.30. The molecule has 6 heteroatoms. The number of hydrogen-bond acceptors (Lipinski definition) is 3. The summed E-state index contributed by atoms with van der Waals surface area (Å²) >= 11 is 0. The fourth-order valence-electron chi connectivity index (χ4n) is 2.66. The third-order valence-corrected chi connectivity index (χ3v) is 3.89. The molecule has 0 heterocycles. The number of nitrogens with one attached hydrogen (secondary N) is 1. The Hall–Kier alpha value is -2.37. The van der Waals surface area contributed by atoms with Crippen LogP contribution < -0.4 is 5.32 Å². The molecule has 1 aliphatic rings. The molecule has 0 aliphatic heterocycles. The second-order valence-electron chi connectivity index (χ2n) is 5.80. The summed E-state index contributed by atoms with van der Waals surface area (Å²) in [5.74, 6) is -1.63. The van der Waals surface area contributed by atoms with Crippen LogP contribution in [-0.4, -0.2) is 47.9 Å². The number of rotatable bonds is 4. The first-order valence-corrected chi connectivity index (χ1v) is 7.24. The van der Waals surface area contributed by atoms with E-state index in [2.05, 4.69) is 5.32 Å². The maximum Gasteiger partial charge on any atom is 0.306 e. The van der Waals surface area contributed by atoms with E-state index in [0.717, 1.165) is 0 Å². The van der Waals surface area contributed by atoms with E-state index < -0.39 is 5.97 Å². The van der Waals surface area contributed by atoms with Crippen LogP contribution in [0.3, 0.4) is 0 Å². The van der Waals surface area contributed by atoms with Crippen LogP contribution in [0.1, 0.15) is 40.0 Å². The van der Waals surface area contributed by atoms with E-state index in [1.807, 2.05) is 0 Å². The molecule has 1 fully saturated rings. The average Bonchev–Trinajstić information content (AvgIpc) is 2.95. The van der Waals surface area contributed by atoms with Gasteiger partial charge in [0.15, 0.2) is 0 Å². The van der Waals surface area contributed by atoms with Gasteiger partial charge in [-0.1, -0.05) is 6.07 Å². The predicted molar refractivity (Wildman–Crippen MR) is 80.7 cm³/mol. The molecule has 0 radical (unpaired) electrons. The van der Waals surface area contributed by atoms with Gasteiger partial charge in [0.1, 0.15) is 0 Å². The molecular formula is C16H20N2O4. The zero-order valence-corrected chi connectivity index (χ0v) is 12.7. The number of carboxylic acid groups (broad SMARTS) is 1. The number of amides is 2. The van der Waals surface area contributed by atoms with Gasteiger partial charge in [-0.2, -0.15) is 0 Å². The molecule has 2 N–H and O–H groups in total. The van der Waals surface area contributed by atoms with Crippen LogP contribution in [0.5, 0.6) is 0 Å². The first kappa shape index (κ1) is 16.0. The van der Waals surface area contributed by atoms with Gasteiger partial charge in [0, 0.05) is 31.3 Å². The third kappa shape index (κ3) is 3.63. The SMILES string of the molecule is CN(C)C(=O)c1cccc(C(=O)N[C@@H]2CC[C@H](C(=O)O)C2)c1. The average molecular weight is 304 g/mol. The van der Waals surface area contributed by atoms with E-state index >= 15 is 0 Å². The lowest BCUT2D eigenvalue weighted by molar-refractivity contribution is -0.141. The summed E-state index contributed by atoms with van der Waals surface area (Å²) in [6.07, 6.45) is 1.70. The number of carboxylic acids is 1. The number of nitrogens with zero attached hydrogens (tertiary/aromatic N) is 1. The van der Waals surface area contributed by atoms with Crippen molar-refractivity contribution < 1.29 is 19.5 Å². The van der Waals surface area contributed by atoms with Crippen molar-refractivity contribution in [3.05, 3.63) is 35.4 Å². The number of hydrogen-bond donors (Lipinski definition) is 2. The molecule has 0 spiro atoms. The topological polar surface area (TPSA) is 86.7 Å². The molecular weight excluding hydrogens is 284 g/mol. The van der Waals surface area contributed by atoms with Crippen LogP contribution in [0.25, 0.3) is 0 Å². The second-order valence-corrected chi connectivity index (χ2v) is 5.80. The normalized spacial score (nSPS) is 20.5. The summed E-state index contributed by atoms with van der Waals surface area (Å²) < 4.78 is 0. The minimum absolute atomic E-state index is 0.123. The number of aliphatic carboxylic acids is 1. The molecule has 0 unspecified atom stereocenters. The molecule has 1 aromatic rings. The highest BCUT2D eigenvalue weighted by Crippen LogP contribution is 2.25. The van der Waals surface area contributed by atoms with Crippen molar-refractivity contribution in [3.63, 3.8) is 0 Å². The van der Waals surface area contributed by atoms with Crippen molar-refractivity contribution >= 4 is 17.8 Å². The molecule has 0 aromatic heterocycles. The highest BCUT2D eigenvalue weighted by atomic mass is 16.4. The fourth-order valence-corrected chi connectivity index (χ4v) is 2.66. The molecule has 0 bridgehead atoms. The summed E-state index contributed by atoms with van der Waals surface area (Å²) in [4.78, 5) is 36.5. The van der Waals surface area contributed by atoms with Gasteiger partial charge in [0.05, 0.1) is 5.92 Å². The Labute approximate surface area is 129 Å². The van der Waals surface area contributed by atoms with Gasteiger partial charge in [0.2, 0.25) is 0 Å². The Bertz CT molecular complexity index is 598. The van der Waals surface area contributed by atoms with Gasteiger partial charge in [-0.25, -0.2) is 0 Å². The van der Waals surface area contributed by atoms with Crippen molar-refractivity contribution in [1.29, 1.82) is 0 Å². The van der Waals surface area contributed by atoms with Gasteiger partial charge >= 0.3 is 5.97 Å². The van der Waals surface area contributed by atoms with Gasteiger partial charge < -0.3 is 15.3 Å². The van der Waals surface area contributed by atoms with E-state index in [-0.39, 0.29) is 23.8 Å². The summed E-state index contributed by atoms with van der Waals surface area (Å²) in [5.41, 5.74) is 0.860. The highest BCUT2D eigenvalue weighted by molar-refractivity contribution is 5.99. The van der Waals surface area contributed by atoms with Gasteiger partial charge in [0.25, 0.3) is 11.8 Å². The Balaban J connectivity index is 2.03. The van der Waals surface area contributed by atoms with Crippen LogP contribution in [-0.2, 0) is 4.79 Å². The first-order valence-electron chi connectivity index (χ1n) is 7.24. The summed E-state index contributed by atoms with van der Waals surface area (Å²) in [7, 11) is 3.30. The van der Waals surface area contributed by atoms with E-state index in [1.54, 1.807) is 38.4 Å². The first-order chi connectivity index (χ1) is 10.4. The summed E-state index contributed by atoms with van der Waals surface area (Å²) in [6, 6.07) is 6.41. The molecule has 1 saturated carbocycles. The van der Waals surface area contributed by atoms with Crippen LogP contribution in [0.2, 0.25) is 0 Å². The minimum atomic E-state index is -0.810. The van der Waals surface area contributed by atoms with E-state index in [9.17, 15) is 14.4 Å². The molecule has 2 rings (SSSR count). The Kier molecular flexibility index (Phi) is 4.80. The molecule has 0 saturated heterocycles. The van der Waals surface area contributed by atoms with Crippen molar-refractivity contribution in [2.45, 2.75) is 25.3 Å². The standard InChI is InChI=1S/C16H20N2O4/c1-18(2)15(20)11-5-3-4-10(8-11)14(19)17-13-7-6-12(9-13)16(21)22/h3-5,8,12-13H,6-7,9H2,1-2H3,(H,17,19)(H,21,22)/t12-,13+/m0/s1. The van der Waals surface area contributed by atoms with Gasteiger partial charge in [-0.05, 0) is 37.5 Å². The second kappa shape index (κ2) is 6.60. The number of carbonyl (C=O) groups excluding carboxylic acids is 2. The number of carbonyl (C=O) groups is 3. The van der Waals surface area contributed by atoms with E-state index in [1.165, 1.54) is 4.90 Å². The van der Waals surface area contributed by atoms with Crippen LogP contribution in [0.4, 0.5) is 0 Å². The fraction of sp³-hybridized carbons (Fsp3) is 0.438. The van der Waals surface area contributed by atoms with E-state index in [0.29, 0.717) is 30.4 Å².